The normalized spacial score (nSPS) is 29.4. The molecule has 6 nitrogen and oxygen atoms in total. The Labute approximate surface area is 125 Å². The van der Waals surface area contributed by atoms with E-state index in [0.717, 1.165) is 44.4 Å². The van der Waals surface area contributed by atoms with Gasteiger partial charge in [0.25, 0.3) is 0 Å². The highest BCUT2D eigenvalue weighted by Crippen LogP contribution is 2.37. The van der Waals surface area contributed by atoms with Gasteiger partial charge in [0.05, 0.1) is 0 Å². The third kappa shape index (κ3) is 3.12. The van der Waals surface area contributed by atoms with Crippen molar-refractivity contribution in [2.45, 2.75) is 63.0 Å². The lowest BCUT2D eigenvalue weighted by Gasteiger charge is -2.33. The fourth-order valence-corrected chi connectivity index (χ4v) is 3.36. The molecule has 1 aromatic rings. The lowest BCUT2D eigenvalue weighted by Crippen LogP contribution is -2.37. The van der Waals surface area contributed by atoms with Gasteiger partial charge in [0.1, 0.15) is 5.60 Å². The summed E-state index contributed by atoms with van der Waals surface area (Å²) in [6.07, 6.45) is 5.71. The van der Waals surface area contributed by atoms with Gasteiger partial charge in [-0.1, -0.05) is 5.16 Å². The number of nitrogens with zero attached hydrogens (tertiary/aromatic N) is 2. The van der Waals surface area contributed by atoms with Crippen molar-refractivity contribution >= 4 is 0 Å². The maximum atomic E-state index is 5.99. The molecule has 1 aliphatic carbocycles. The summed E-state index contributed by atoms with van der Waals surface area (Å²) in [7, 11) is 0. The maximum Gasteiger partial charge on any atom is 0.229 e. The van der Waals surface area contributed by atoms with Crippen LogP contribution in [0.15, 0.2) is 4.52 Å². The Balaban J connectivity index is 1.76. The standard InChI is InChI=1S/C15H25N3O3/c1-2-20-15(7-9-19-10-8-15)14-17-13(21-18-14)11-3-5-12(16)6-4-11/h11-12H,2-10,16H2,1H3. The summed E-state index contributed by atoms with van der Waals surface area (Å²) in [5.41, 5.74) is 5.53. The molecule has 1 saturated carbocycles. The molecular formula is C15H25N3O3. The van der Waals surface area contributed by atoms with Crippen molar-refractivity contribution < 1.29 is 14.0 Å². The minimum atomic E-state index is -0.431. The van der Waals surface area contributed by atoms with Crippen molar-refractivity contribution in [1.82, 2.24) is 10.1 Å². The highest BCUT2D eigenvalue weighted by Gasteiger charge is 2.40. The molecule has 6 heteroatoms. The highest BCUT2D eigenvalue weighted by atomic mass is 16.5. The van der Waals surface area contributed by atoms with Crippen LogP contribution in [-0.4, -0.2) is 36.0 Å². The van der Waals surface area contributed by atoms with Crippen LogP contribution in [0.5, 0.6) is 0 Å². The SMILES string of the molecule is CCOC1(c2noc(C3CCC(N)CC3)n2)CCOCC1. The lowest BCUT2D eigenvalue weighted by atomic mass is 9.86. The summed E-state index contributed by atoms with van der Waals surface area (Å²) in [5.74, 6) is 1.80. The molecule has 0 atom stereocenters. The minimum absolute atomic E-state index is 0.328. The monoisotopic (exact) mass is 295 g/mol. The molecule has 0 unspecified atom stereocenters. The zero-order valence-electron chi connectivity index (χ0n) is 12.7. The summed E-state index contributed by atoms with van der Waals surface area (Å²) in [5, 5.41) is 4.23. The van der Waals surface area contributed by atoms with Crippen LogP contribution in [0.2, 0.25) is 0 Å². The molecule has 0 aromatic carbocycles. The molecule has 2 aliphatic rings. The van der Waals surface area contributed by atoms with Crippen LogP contribution in [0.3, 0.4) is 0 Å². The van der Waals surface area contributed by atoms with Crippen molar-refractivity contribution in [3.8, 4) is 0 Å². The third-order valence-electron chi connectivity index (χ3n) is 4.69. The van der Waals surface area contributed by atoms with Gasteiger partial charge in [0.2, 0.25) is 11.7 Å². The molecule has 21 heavy (non-hydrogen) atoms. The molecule has 2 fully saturated rings. The number of ether oxygens (including phenoxy) is 2. The van der Waals surface area contributed by atoms with E-state index in [9.17, 15) is 0 Å². The first kappa shape index (κ1) is 14.9. The molecule has 1 saturated heterocycles. The summed E-state index contributed by atoms with van der Waals surface area (Å²) in [6, 6.07) is 0.328. The van der Waals surface area contributed by atoms with E-state index in [1.165, 1.54) is 0 Å². The Morgan fingerprint density at radius 3 is 2.62 bits per heavy atom. The fraction of sp³-hybridized carbons (Fsp3) is 0.867. The van der Waals surface area contributed by atoms with E-state index in [4.69, 9.17) is 19.7 Å². The van der Waals surface area contributed by atoms with Crippen LogP contribution >= 0.6 is 0 Å². The number of hydrogen-bond donors (Lipinski definition) is 1. The van der Waals surface area contributed by atoms with Gasteiger partial charge in [-0.15, -0.1) is 0 Å². The van der Waals surface area contributed by atoms with Gasteiger partial charge < -0.3 is 19.7 Å². The summed E-state index contributed by atoms with van der Waals surface area (Å²) in [4.78, 5) is 4.67. The summed E-state index contributed by atoms with van der Waals surface area (Å²) >= 11 is 0. The van der Waals surface area contributed by atoms with Gasteiger partial charge >= 0.3 is 0 Å². The molecule has 0 radical (unpaired) electrons. The Morgan fingerprint density at radius 1 is 1.24 bits per heavy atom. The predicted molar refractivity (Wildman–Crippen MR) is 76.8 cm³/mol. The topological polar surface area (TPSA) is 83.4 Å². The second-order valence-corrected chi connectivity index (χ2v) is 6.11. The van der Waals surface area contributed by atoms with Crippen molar-refractivity contribution in [1.29, 1.82) is 0 Å². The Hall–Kier alpha value is -0.980. The van der Waals surface area contributed by atoms with Crippen LogP contribution in [0.25, 0.3) is 0 Å². The maximum absolute atomic E-state index is 5.99. The average Bonchev–Trinajstić information content (AvgIpc) is 3.00. The van der Waals surface area contributed by atoms with Crippen LogP contribution < -0.4 is 5.73 Å². The molecule has 0 amide bonds. The zero-order chi connectivity index (χ0) is 14.7. The van der Waals surface area contributed by atoms with E-state index >= 15 is 0 Å². The van der Waals surface area contributed by atoms with Crippen LogP contribution in [0.1, 0.15) is 63.1 Å². The van der Waals surface area contributed by atoms with E-state index in [2.05, 4.69) is 10.1 Å². The first-order valence-corrected chi connectivity index (χ1v) is 8.05. The van der Waals surface area contributed by atoms with E-state index < -0.39 is 5.60 Å². The second-order valence-electron chi connectivity index (χ2n) is 6.11. The Morgan fingerprint density at radius 2 is 1.95 bits per heavy atom. The molecule has 3 rings (SSSR count). The van der Waals surface area contributed by atoms with Crippen LogP contribution in [0.4, 0.5) is 0 Å². The van der Waals surface area contributed by atoms with Crippen molar-refractivity contribution in [3.63, 3.8) is 0 Å². The smallest absolute Gasteiger partial charge is 0.229 e. The minimum Gasteiger partial charge on any atom is -0.381 e. The van der Waals surface area contributed by atoms with E-state index in [1.54, 1.807) is 0 Å². The van der Waals surface area contributed by atoms with Gasteiger partial charge in [-0.25, -0.2) is 0 Å². The molecular weight excluding hydrogens is 270 g/mol. The molecule has 0 spiro atoms. The first-order chi connectivity index (χ1) is 10.2. The second kappa shape index (κ2) is 6.42. The Bertz CT molecular complexity index is 443. The third-order valence-corrected chi connectivity index (χ3v) is 4.69. The highest BCUT2D eigenvalue weighted by molar-refractivity contribution is 5.06. The molecule has 1 aromatic heterocycles. The van der Waals surface area contributed by atoms with Gasteiger partial charge in [-0.3, -0.25) is 0 Å². The predicted octanol–water partition coefficient (Wildman–Crippen LogP) is 2.10. The lowest BCUT2D eigenvalue weighted by molar-refractivity contribution is -0.118. The van der Waals surface area contributed by atoms with Crippen LogP contribution in [0, 0.1) is 0 Å². The van der Waals surface area contributed by atoms with E-state index in [-0.39, 0.29) is 0 Å². The quantitative estimate of drug-likeness (QED) is 0.915. The summed E-state index contributed by atoms with van der Waals surface area (Å²) in [6.45, 7) is 4.01. The van der Waals surface area contributed by atoms with E-state index in [0.29, 0.717) is 37.6 Å². The zero-order valence-corrected chi connectivity index (χ0v) is 12.7. The van der Waals surface area contributed by atoms with Crippen LogP contribution in [-0.2, 0) is 15.1 Å². The number of rotatable bonds is 4. The fourth-order valence-electron chi connectivity index (χ4n) is 3.36. The van der Waals surface area contributed by atoms with Gasteiger partial charge in [-0.05, 0) is 32.6 Å². The molecule has 2 N–H and O–H groups in total. The van der Waals surface area contributed by atoms with Crippen molar-refractivity contribution in [3.05, 3.63) is 11.7 Å². The van der Waals surface area contributed by atoms with Gasteiger partial charge in [0, 0.05) is 44.6 Å². The molecule has 118 valence electrons. The number of nitrogens with two attached hydrogens (primary N) is 1. The largest absolute Gasteiger partial charge is 0.381 e. The van der Waals surface area contributed by atoms with Gasteiger partial charge in [0.15, 0.2) is 0 Å². The molecule has 0 bridgehead atoms. The van der Waals surface area contributed by atoms with Crippen molar-refractivity contribution in [2.24, 2.45) is 5.73 Å². The van der Waals surface area contributed by atoms with Crippen molar-refractivity contribution in [2.75, 3.05) is 19.8 Å². The number of hydrogen-bond acceptors (Lipinski definition) is 6. The Kier molecular flexibility index (Phi) is 4.57. The van der Waals surface area contributed by atoms with Gasteiger partial charge in [-0.2, -0.15) is 4.98 Å². The molecule has 1 aliphatic heterocycles. The average molecular weight is 295 g/mol. The number of aromatic nitrogens is 2. The molecule has 2 heterocycles. The van der Waals surface area contributed by atoms with E-state index in [1.807, 2.05) is 6.92 Å². The summed E-state index contributed by atoms with van der Waals surface area (Å²) < 4.78 is 17.0. The first-order valence-electron chi connectivity index (χ1n) is 8.05.